The fraction of sp³-hybridized carbons (Fsp3) is 0.819. The van der Waals surface area contributed by atoms with Gasteiger partial charge in [-0.2, -0.15) is 0 Å². The van der Waals surface area contributed by atoms with Gasteiger partial charge in [0.15, 0.2) is 6.10 Å². The van der Waals surface area contributed by atoms with E-state index in [4.69, 9.17) is 14.2 Å². The van der Waals surface area contributed by atoms with E-state index in [1.165, 1.54) is 225 Å². The normalized spacial score (nSPS) is 12.4. The SMILES string of the molecule is CC/C=C\C/C=C\C/C=C\C/C=C\C/C=C\CCCCCCCCCC(=O)OC(COC(=O)CCCCCCCCC)COC(=O)CCCCCCCCCCCCCCCCCCCCCCCCCCCCCCCC. The zero-order valence-corrected chi connectivity index (χ0v) is 52.2. The summed E-state index contributed by atoms with van der Waals surface area (Å²) in [4.78, 5) is 38.1. The van der Waals surface area contributed by atoms with Gasteiger partial charge in [-0.1, -0.05) is 338 Å². The molecular weight excluding hydrogens is 961 g/mol. The highest BCUT2D eigenvalue weighted by molar-refractivity contribution is 5.71. The molecule has 0 fully saturated rings. The third-order valence-electron chi connectivity index (χ3n) is 15.3. The Morgan fingerprint density at radius 1 is 0.269 bits per heavy atom. The van der Waals surface area contributed by atoms with E-state index in [0.717, 1.165) is 96.3 Å². The molecule has 0 aromatic rings. The lowest BCUT2D eigenvalue weighted by Crippen LogP contribution is -2.30. The molecule has 0 N–H and O–H groups in total. The lowest BCUT2D eigenvalue weighted by Gasteiger charge is -2.18. The van der Waals surface area contributed by atoms with Crippen molar-refractivity contribution in [1.29, 1.82) is 0 Å². The molecule has 454 valence electrons. The zero-order chi connectivity index (χ0) is 56.4. The summed E-state index contributed by atoms with van der Waals surface area (Å²) in [7, 11) is 0. The number of allylic oxidation sites excluding steroid dienone is 10. The van der Waals surface area contributed by atoms with Crippen LogP contribution < -0.4 is 0 Å². The Kier molecular flexibility index (Phi) is 64.2. The Bertz CT molecular complexity index is 1390. The van der Waals surface area contributed by atoms with E-state index in [1.807, 2.05) is 0 Å². The highest BCUT2D eigenvalue weighted by atomic mass is 16.6. The first-order valence-electron chi connectivity index (χ1n) is 34.3. The molecule has 0 amide bonds. The minimum Gasteiger partial charge on any atom is -0.462 e. The number of carbonyl (C=O) groups is 3. The fourth-order valence-corrected chi connectivity index (χ4v) is 10.2. The molecule has 0 aliphatic heterocycles. The minimum atomic E-state index is -0.777. The Morgan fingerprint density at radius 3 is 0.782 bits per heavy atom. The molecule has 0 heterocycles. The maximum Gasteiger partial charge on any atom is 0.306 e. The monoisotopic (exact) mass is 1090 g/mol. The Hall–Kier alpha value is -2.89. The van der Waals surface area contributed by atoms with Gasteiger partial charge in [0, 0.05) is 19.3 Å². The Balaban J connectivity index is 4.05. The second-order valence-electron chi connectivity index (χ2n) is 23.1. The van der Waals surface area contributed by atoms with Crippen molar-refractivity contribution in [2.75, 3.05) is 13.2 Å². The summed E-state index contributed by atoms with van der Waals surface area (Å²) in [6, 6.07) is 0. The molecule has 0 rings (SSSR count). The van der Waals surface area contributed by atoms with E-state index in [9.17, 15) is 14.4 Å². The summed E-state index contributed by atoms with van der Waals surface area (Å²) in [6.07, 6.45) is 85.7. The molecule has 0 saturated heterocycles. The van der Waals surface area contributed by atoms with Crippen molar-refractivity contribution in [2.24, 2.45) is 0 Å². The van der Waals surface area contributed by atoms with Crippen molar-refractivity contribution in [3.63, 3.8) is 0 Å². The van der Waals surface area contributed by atoms with Gasteiger partial charge in [0.2, 0.25) is 0 Å². The molecule has 78 heavy (non-hydrogen) atoms. The van der Waals surface area contributed by atoms with Gasteiger partial charge in [0.05, 0.1) is 0 Å². The highest BCUT2D eigenvalue weighted by Gasteiger charge is 2.19. The maximum absolute atomic E-state index is 12.9. The molecule has 1 atom stereocenters. The van der Waals surface area contributed by atoms with Crippen LogP contribution in [-0.2, 0) is 28.6 Å². The van der Waals surface area contributed by atoms with Gasteiger partial charge in [0.25, 0.3) is 0 Å². The van der Waals surface area contributed by atoms with E-state index in [2.05, 4.69) is 81.5 Å². The molecule has 0 spiro atoms. The van der Waals surface area contributed by atoms with E-state index >= 15 is 0 Å². The summed E-state index contributed by atoms with van der Waals surface area (Å²) < 4.78 is 16.9. The van der Waals surface area contributed by atoms with E-state index in [1.54, 1.807) is 0 Å². The number of carbonyl (C=O) groups excluding carboxylic acids is 3. The van der Waals surface area contributed by atoms with Gasteiger partial charge in [-0.3, -0.25) is 14.4 Å². The predicted molar refractivity (Wildman–Crippen MR) is 339 cm³/mol. The van der Waals surface area contributed by atoms with Crippen molar-refractivity contribution in [3.05, 3.63) is 60.8 Å². The molecule has 0 aliphatic rings. The highest BCUT2D eigenvalue weighted by Crippen LogP contribution is 2.18. The van der Waals surface area contributed by atoms with Crippen LogP contribution in [0.1, 0.15) is 361 Å². The lowest BCUT2D eigenvalue weighted by atomic mass is 10.0. The van der Waals surface area contributed by atoms with Crippen molar-refractivity contribution >= 4 is 17.9 Å². The predicted octanol–water partition coefficient (Wildman–Crippen LogP) is 23.5. The van der Waals surface area contributed by atoms with Gasteiger partial charge >= 0.3 is 17.9 Å². The van der Waals surface area contributed by atoms with Crippen LogP contribution in [0.15, 0.2) is 60.8 Å². The van der Waals surface area contributed by atoms with E-state index < -0.39 is 6.10 Å². The number of hydrogen-bond acceptors (Lipinski definition) is 6. The van der Waals surface area contributed by atoms with Crippen molar-refractivity contribution in [2.45, 2.75) is 367 Å². The molecule has 0 bridgehead atoms. The average molecular weight is 1090 g/mol. The molecular formula is C72H130O6. The van der Waals surface area contributed by atoms with E-state index in [-0.39, 0.29) is 31.1 Å². The number of rotatable bonds is 63. The van der Waals surface area contributed by atoms with Crippen LogP contribution in [0.3, 0.4) is 0 Å². The molecule has 0 radical (unpaired) electrons. The van der Waals surface area contributed by atoms with Crippen LogP contribution in [0.2, 0.25) is 0 Å². The maximum atomic E-state index is 12.9. The number of ether oxygens (including phenoxy) is 3. The molecule has 0 aromatic heterocycles. The first-order valence-corrected chi connectivity index (χ1v) is 34.3. The van der Waals surface area contributed by atoms with Crippen LogP contribution in [-0.4, -0.2) is 37.2 Å². The number of unbranched alkanes of at least 4 members (excludes halogenated alkanes) is 42. The molecule has 6 nitrogen and oxygen atoms in total. The summed E-state index contributed by atoms with van der Waals surface area (Å²) in [5, 5.41) is 0. The summed E-state index contributed by atoms with van der Waals surface area (Å²) >= 11 is 0. The van der Waals surface area contributed by atoms with Crippen molar-refractivity contribution < 1.29 is 28.6 Å². The molecule has 0 saturated carbocycles. The van der Waals surface area contributed by atoms with E-state index in [0.29, 0.717) is 19.3 Å². The number of esters is 3. The van der Waals surface area contributed by atoms with Crippen LogP contribution in [0.4, 0.5) is 0 Å². The van der Waals surface area contributed by atoms with Gasteiger partial charge in [-0.15, -0.1) is 0 Å². The second kappa shape index (κ2) is 66.6. The minimum absolute atomic E-state index is 0.0749. The Morgan fingerprint density at radius 2 is 0.500 bits per heavy atom. The Labute approximate surface area is 485 Å². The van der Waals surface area contributed by atoms with Crippen molar-refractivity contribution in [1.82, 2.24) is 0 Å². The molecule has 1 unspecified atom stereocenters. The molecule has 0 aromatic carbocycles. The number of hydrogen-bond donors (Lipinski definition) is 0. The quantitative estimate of drug-likeness (QED) is 0.0261. The lowest BCUT2D eigenvalue weighted by molar-refractivity contribution is -0.167. The van der Waals surface area contributed by atoms with Crippen LogP contribution in [0, 0.1) is 0 Å². The van der Waals surface area contributed by atoms with Crippen LogP contribution in [0.25, 0.3) is 0 Å². The van der Waals surface area contributed by atoms with Gasteiger partial charge in [0.1, 0.15) is 13.2 Å². The van der Waals surface area contributed by atoms with Gasteiger partial charge < -0.3 is 14.2 Å². The summed E-state index contributed by atoms with van der Waals surface area (Å²) in [5.41, 5.74) is 0. The second-order valence-corrected chi connectivity index (χ2v) is 23.1. The first kappa shape index (κ1) is 75.1. The third kappa shape index (κ3) is 63.9. The van der Waals surface area contributed by atoms with Gasteiger partial charge in [-0.05, 0) is 64.2 Å². The van der Waals surface area contributed by atoms with Gasteiger partial charge in [-0.25, -0.2) is 0 Å². The summed E-state index contributed by atoms with van der Waals surface area (Å²) in [6.45, 7) is 6.53. The molecule has 6 heteroatoms. The van der Waals surface area contributed by atoms with Crippen molar-refractivity contribution in [3.8, 4) is 0 Å². The molecule has 0 aliphatic carbocycles. The third-order valence-corrected chi connectivity index (χ3v) is 15.3. The van der Waals surface area contributed by atoms with Crippen LogP contribution in [0.5, 0.6) is 0 Å². The smallest absolute Gasteiger partial charge is 0.306 e. The van der Waals surface area contributed by atoms with Crippen LogP contribution >= 0.6 is 0 Å². The standard InChI is InChI=1S/C72H130O6/c1-4-7-10-13-16-18-20-22-24-26-28-30-32-33-34-35-36-37-38-40-41-43-45-47-49-51-53-56-59-62-65-71(74)77-68-69(67-76-70(73)64-61-58-55-15-12-9-6-3)78-72(75)66-63-60-57-54-52-50-48-46-44-42-39-31-29-27-25-23-21-19-17-14-11-8-5-2/h8,11,17,19,23,25,29,31,42,44,69H,4-7,9-10,12-16,18,20-22,24,26-28,30,32-41,43,45-68H2,1-3H3/b11-8-,19-17-,25-23-,31-29-,44-42-. The fourth-order valence-electron chi connectivity index (χ4n) is 10.2. The summed E-state index contributed by atoms with van der Waals surface area (Å²) in [5.74, 6) is -0.874. The zero-order valence-electron chi connectivity index (χ0n) is 52.2. The first-order chi connectivity index (χ1) is 38.5. The topological polar surface area (TPSA) is 78.9 Å². The largest absolute Gasteiger partial charge is 0.462 e. The average Bonchev–Trinajstić information content (AvgIpc) is 3.44.